The Morgan fingerprint density at radius 2 is 1.37 bits per heavy atom. The highest BCUT2D eigenvalue weighted by Crippen LogP contribution is 2.50. The lowest BCUT2D eigenvalue weighted by Crippen LogP contribution is -2.32. The third-order valence-corrected chi connectivity index (χ3v) is 4.65. The summed E-state index contributed by atoms with van der Waals surface area (Å²) in [6.45, 7) is 0. The zero-order valence-electron chi connectivity index (χ0n) is 11.2. The van der Waals surface area contributed by atoms with Crippen molar-refractivity contribution in [3.05, 3.63) is 34.9 Å². The standard InChI is InChI=1S/C14H13B5/c15-12(6-1-2-7-12)9-4-3-5-10-11(9)14(18,19)8-13(10,16)17/h3-5H,1-2,6-8H2. The molecule has 0 aliphatic heterocycles. The van der Waals surface area contributed by atoms with E-state index < -0.39 is 10.4 Å². The first-order valence-electron chi connectivity index (χ1n) is 6.85. The quantitative estimate of drug-likeness (QED) is 0.637. The topological polar surface area (TPSA) is 0 Å². The Labute approximate surface area is 122 Å². The summed E-state index contributed by atoms with van der Waals surface area (Å²) in [5, 5.41) is -2.30. The maximum atomic E-state index is 6.57. The Bertz CT molecular complexity index is 515. The second-order valence-electron chi connectivity index (χ2n) is 6.35. The van der Waals surface area contributed by atoms with Crippen LogP contribution in [0, 0.1) is 0 Å². The highest BCUT2D eigenvalue weighted by Gasteiger charge is 2.44. The van der Waals surface area contributed by atoms with Gasteiger partial charge >= 0.3 is 0 Å². The van der Waals surface area contributed by atoms with E-state index >= 15 is 0 Å². The van der Waals surface area contributed by atoms with E-state index in [-0.39, 0.29) is 5.31 Å². The van der Waals surface area contributed by atoms with Crippen molar-refractivity contribution in [3.8, 4) is 0 Å². The normalized spacial score (nSPS) is 26.1. The first-order chi connectivity index (χ1) is 8.76. The van der Waals surface area contributed by atoms with Crippen LogP contribution >= 0.6 is 0 Å². The number of fused-ring (bicyclic) bond motifs is 1. The molecule has 0 N–H and O–H groups in total. The van der Waals surface area contributed by atoms with Gasteiger partial charge in [-0.15, -0.1) is 0 Å². The fraction of sp³-hybridized carbons (Fsp3) is 0.571. The molecule has 0 heterocycles. The summed E-state index contributed by atoms with van der Waals surface area (Å²) in [6.07, 6.45) is 4.53. The maximum Gasteiger partial charge on any atom is 0.0810 e. The van der Waals surface area contributed by atoms with E-state index in [9.17, 15) is 0 Å². The minimum atomic E-state index is -0.996. The zero-order chi connectivity index (χ0) is 13.9. The minimum Gasteiger partial charge on any atom is -0.0758 e. The largest absolute Gasteiger partial charge is 0.0810 e. The Morgan fingerprint density at radius 1 is 0.789 bits per heavy atom. The molecule has 1 fully saturated rings. The third-order valence-electron chi connectivity index (χ3n) is 4.65. The van der Waals surface area contributed by atoms with Crippen molar-refractivity contribution in [1.82, 2.24) is 0 Å². The molecule has 0 saturated heterocycles. The van der Waals surface area contributed by atoms with Crippen molar-refractivity contribution < 1.29 is 0 Å². The summed E-state index contributed by atoms with van der Waals surface area (Å²) >= 11 is 0. The Hall–Kier alpha value is -0.455. The molecule has 3 rings (SSSR count). The van der Waals surface area contributed by atoms with Gasteiger partial charge in [-0.05, 0) is 10.9 Å². The summed E-state index contributed by atoms with van der Waals surface area (Å²) in [5.74, 6) is 0. The number of rotatable bonds is 1. The van der Waals surface area contributed by atoms with Gasteiger partial charge in [-0.25, -0.2) is 0 Å². The van der Waals surface area contributed by atoms with E-state index in [1.807, 2.05) is 18.2 Å². The molecule has 19 heavy (non-hydrogen) atoms. The third kappa shape index (κ3) is 1.96. The van der Waals surface area contributed by atoms with Crippen molar-refractivity contribution in [2.24, 2.45) is 0 Å². The molecule has 0 aromatic heterocycles. The highest BCUT2D eigenvalue weighted by atomic mass is 14.4. The molecule has 0 spiro atoms. The van der Waals surface area contributed by atoms with Gasteiger partial charge < -0.3 is 0 Å². The Morgan fingerprint density at radius 3 is 2.00 bits per heavy atom. The second kappa shape index (κ2) is 4.02. The smallest absolute Gasteiger partial charge is 0.0758 e. The van der Waals surface area contributed by atoms with Crippen molar-refractivity contribution in [1.29, 1.82) is 0 Å². The fourth-order valence-corrected chi connectivity index (χ4v) is 3.80. The average Bonchev–Trinajstić information content (AvgIpc) is 2.81. The molecular formula is C14H13B5. The molecular weight excluding hydrogens is 222 g/mol. The lowest BCUT2D eigenvalue weighted by atomic mass is 9.44. The van der Waals surface area contributed by atoms with E-state index in [1.54, 1.807) is 0 Å². The summed E-state index contributed by atoms with van der Waals surface area (Å²) in [7, 11) is 31.4. The predicted molar refractivity (Wildman–Crippen MR) is 83.3 cm³/mol. The van der Waals surface area contributed by atoms with E-state index in [4.69, 9.17) is 39.2 Å². The first-order valence-corrected chi connectivity index (χ1v) is 6.85. The van der Waals surface area contributed by atoms with Crippen LogP contribution in [0.3, 0.4) is 0 Å². The highest BCUT2D eigenvalue weighted by molar-refractivity contribution is 6.47. The van der Waals surface area contributed by atoms with Gasteiger partial charge in [-0.3, -0.25) is 0 Å². The van der Waals surface area contributed by atoms with Crippen LogP contribution in [0.5, 0.6) is 0 Å². The molecule has 1 aromatic carbocycles. The summed E-state index contributed by atoms with van der Waals surface area (Å²) in [6, 6.07) is 5.90. The SMILES string of the molecule is [B]C1([B])CC([B])([B])c2c1cccc2C1([B])CCCC1. The van der Waals surface area contributed by atoms with E-state index in [2.05, 4.69) is 0 Å². The van der Waals surface area contributed by atoms with E-state index in [0.717, 1.165) is 42.4 Å². The zero-order valence-corrected chi connectivity index (χ0v) is 11.2. The van der Waals surface area contributed by atoms with Gasteiger partial charge in [0.05, 0.1) is 39.2 Å². The van der Waals surface area contributed by atoms with Crippen molar-refractivity contribution in [2.75, 3.05) is 0 Å². The Kier molecular flexibility index (Phi) is 2.86. The van der Waals surface area contributed by atoms with Crippen LogP contribution in [0.1, 0.15) is 48.8 Å². The lowest BCUT2D eigenvalue weighted by molar-refractivity contribution is 0.622. The number of hydrogen-bond acceptors (Lipinski definition) is 0. The van der Waals surface area contributed by atoms with Crippen LogP contribution in [-0.2, 0) is 15.7 Å². The molecule has 10 radical (unpaired) electrons. The molecule has 5 heteroatoms. The molecule has 1 aromatic rings. The van der Waals surface area contributed by atoms with E-state index in [0.29, 0.717) is 6.42 Å². The molecule has 1 saturated carbocycles. The van der Waals surface area contributed by atoms with Crippen LogP contribution in [0.4, 0.5) is 0 Å². The summed E-state index contributed by atoms with van der Waals surface area (Å²) < 4.78 is 0. The van der Waals surface area contributed by atoms with Crippen LogP contribution in [0.15, 0.2) is 18.2 Å². The van der Waals surface area contributed by atoms with Gasteiger partial charge in [-0.2, -0.15) is 0 Å². The van der Waals surface area contributed by atoms with Gasteiger partial charge in [0.2, 0.25) is 0 Å². The number of benzene rings is 1. The van der Waals surface area contributed by atoms with Gasteiger partial charge in [0, 0.05) is 0 Å². The molecule has 2 aliphatic carbocycles. The predicted octanol–water partition coefficient (Wildman–Crippen LogP) is 1.01. The average molecular weight is 235 g/mol. The van der Waals surface area contributed by atoms with Crippen LogP contribution < -0.4 is 0 Å². The van der Waals surface area contributed by atoms with Gasteiger partial charge in [0.1, 0.15) is 0 Å². The molecule has 0 unspecified atom stereocenters. The fourth-order valence-electron chi connectivity index (χ4n) is 3.80. The first kappa shape index (κ1) is 13.5. The maximum absolute atomic E-state index is 6.57. The Balaban J connectivity index is 2.22. The lowest BCUT2D eigenvalue weighted by Gasteiger charge is -2.33. The van der Waals surface area contributed by atoms with Crippen molar-refractivity contribution >= 4 is 39.2 Å². The van der Waals surface area contributed by atoms with Crippen LogP contribution in [-0.4, -0.2) is 39.2 Å². The van der Waals surface area contributed by atoms with Gasteiger partial charge in [0.15, 0.2) is 0 Å². The monoisotopic (exact) mass is 236 g/mol. The molecule has 2 aliphatic rings. The van der Waals surface area contributed by atoms with Gasteiger partial charge in [0.25, 0.3) is 0 Å². The summed E-state index contributed by atoms with van der Waals surface area (Å²) in [4.78, 5) is 0. The van der Waals surface area contributed by atoms with Crippen molar-refractivity contribution in [2.45, 2.75) is 47.8 Å². The molecule has 0 nitrogen and oxygen atoms in total. The molecule has 0 amide bonds. The van der Waals surface area contributed by atoms with Crippen LogP contribution in [0.25, 0.3) is 0 Å². The van der Waals surface area contributed by atoms with Crippen LogP contribution in [0.2, 0.25) is 0 Å². The van der Waals surface area contributed by atoms with Gasteiger partial charge in [-0.1, -0.05) is 71.9 Å². The molecule has 0 bridgehead atoms. The summed E-state index contributed by atoms with van der Waals surface area (Å²) in [5.41, 5.74) is 2.74. The second-order valence-corrected chi connectivity index (χ2v) is 6.35. The molecule has 84 valence electrons. The molecule has 0 atom stereocenters. The number of hydrogen-bond donors (Lipinski definition) is 0. The van der Waals surface area contributed by atoms with Crippen molar-refractivity contribution in [3.63, 3.8) is 0 Å². The van der Waals surface area contributed by atoms with E-state index in [1.165, 1.54) is 0 Å². The minimum absolute atomic E-state index is 0.336.